The van der Waals surface area contributed by atoms with E-state index in [0.29, 0.717) is 18.4 Å². The number of hydrazone groups is 1. The average Bonchev–Trinajstić information content (AvgIpc) is 3.41. The fraction of sp³-hybridized carbons (Fsp3) is 0.346. The molecule has 0 radical (unpaired) electrons. The van der Waals surface area contributed by atoms with Gasteiger partial charge in [0.05, 0.1) is 34.7 Å². The number of hydrogen-bond donors (Lipinski definition) is 1. The van der Waals surface area contributed by atoms with Crippen LogP contribution in [0.3, 0.4) is 0 Å². The highest BCUT2D eigenvalue weighted by atomic mass is 16.6. The summed E-state index contributed by atoms with van der Waals surface area (Å²) >= 11 is 0. The molecule has 10 nitrogen and oxygen atoms in total. The minimum Gasteiger partial charge on any atom is -0.456 e. The molecule has 3 aliphatic rings. The number of hydrogen-bond acceptors (Lipinski definition) is 8. The van der Waals surface area contributed by atoms with Gasteiger partial charge in [0.2, 0.25) is 5.91 Å². The van der Waals surface area contributed by atoms with Gasteiger partial charge in [0.25, 0.3) is 5.69 Å². The van der Waals surface area contributed by atoms with Crippen LogP contribution >= 0.6 is 0 Å². The van der Waals surface area contributed by atoms with Crippen molar-refractivity contribution in [3.8, 4) is 0 Å². The molecule has 3 aliphatic heterocycles. The van der Waals surface area contributed by atoms with Gasteiger partial charge in [0.1, 0.15) is 12.3 Å². The van der Waals surface area contributed by atoms with Gasteiger partial charge in [0.15, 0.2) is 0 Å². The third-order valence-corrected chi connectivity index (χ3v) is 6.96. The van der Waals surface area contributed by atoms with Crippen LogP contribution in [-0.4, -0.2) is 50.7 Å². The Morgan fingerprint density at radius 3 is 2.53 bits per heavy atom. The number of aliphatic hydroxyl groups is 1. The fourth-order valence-electron chi connectivity index (χ4n) is 5.27. The Kier molecular flexibility index (Phi) is 6.05. The molecule has 5 rings (SSSR count). The van der Waals surface area contributed by atoms with E-state index in [1.54, 1.807) is 6.92 Å². The number of carbonyl (C=O) groups is 2. The maximum absolute atomic E-state index is 13.4. The third kappa shape index (κ3) is 4.03. The van der Waals surface area contributed by atoms with Crippen molar-refractivity contribution in [2.24, 2.45) is 11.0 Å². The van der Waals surface area contributed by atoms with E-state index in [4.69, 9.17) is 9.84 Å². The lowest BCUT2D eigenvalue weighted by atomic mass is 9.82. The highest BCUT2D eigenvalue weighted by Gasteiger charge is 2.58. The van der Waals surface area contributed by atoms with Crippen LogP contribution in [0.25, 0.3) is 0 Å². The minimum absolute atomic E-state index is 0.0540. The predicted molar refractivity (Wildman–Crippen MR) is 131 cm³/mol. The van der Waals surface area contributed by atoms with Gasteiger partial charge < -0.3 is 14.7 Å². The number of β-lactam (4-membered cyclic amide) rings is 1. The van der Waals surface area contributed by atoms with Crippen molar-refractivity contribution in [3.63, 3.8) is 0 Å². The van der Waals surface area contributed by atoms with Crippen molar-refractivity contribution in [1.29, 1.82) is 0 Å². The number of ether oxygens (including phenoxy) is 1. The van der Waals surface area contributed by atoms with Crippen LogP contribution in [0.5, 0.6) is 0 Å². The molecule has 2 aromatic rings. The number of benzene rings is 2. The van der Waals surface area contributed by atoms with E-state index in [0.717, 1.165) is 17.0 Å². The Morgan fingerprint density at radius 1 is 1.19 bits per heavy atom. The van der Waals surface area contributed by atoms with Gasteiger partial charge in [-0.2, -0.15) is 5.10 Å². The number of fused-ring (bicyclic) bond motifs is 1. The van der Waals surface area contributed by atoms with Gasteiger partial charge >= 0.3 is 5.97 Å². The van der Waals surface area contributed by atoms with E-state index in [-0.39, 0.29) is 36.0 Å². The zero-order valence-electron chi connectivity index (χ0n) is 19.9. The zero-order chi connectivity index (χ0) is 25.6. The fourth-order valence-corrected chi connectivity index (χ4v) is 5.27. The second kappa shape index (κ2) is 9.19. The molecule has 4 atom stereocenters. The summed E-state index contributed by atoms with van der Waals surface area (Å²) in [6, 6.07) is 14.8. The van der Waals surface area contributed by atoms with E-state index >= 15 is 0 Å². The molecule has 10 heteroatoms. The minimum atomic E-state index is -0.831. The molecule has 186 valence electrons. The standard InChI is InChI=1S/C26H26N4O6/c1-15-12-21(29(27-15)18-6-4-3-5-7-18)20-13-22-23(16(2)31)25(32)28(22)24(20)26(33)36-14-17-8-10-19(11-9-17)30(34)35/h3-11,16,21-23,31H,12-14H2,1-2H3/t16-,21+,22-,23-/m1/s1. The normalized spacial score (nSPS) is 23.8. The molecule has 1 N–H and O–H groups in total. The van der Waals surface area contributed by atoms with Gasteiger partial charge in [-0.25, -0.2) is 4.79 Å². The number of aliphatic hydroxyl groups excluding tert-OH is 1. The smallest absolute Gasteiger partial charge is 0.355 e. The number of nitro groups is 1. The predicted octanol–water partition coefficient (Wildman–Crippen LogP) is 3.16. The van der Waals surface area contributed by atoms with Crippen molar-refractivity contribution < 1.29 is 24.4 Å². The SMILES string of the molecule is CC1=NN(c2ccccc2)[C@H](C2=C(C(=O)OCc3ccc([N+](=O)[O-])cc3)N3C(=O)[C@H]([C@@H](C)O)[C@H]3C2)C1. The first kappa shape index (κ1) is 23.7. The van der Waals surface area contributed by atoms with Gasteiger partial charge in [-0.05, 0) is 55.7 Å². The Balaban J connectivity index is 1.44. The van der Waals surface area contributed by atoms with Crippen molar-refractivity contribution in [1.82, 2.24) is 4.90 Å². The Hall–Kier alpha value is -4.05. The molecule has 0 aliphatic carbocycles. The number of anilines is 1. The summed E-state index contributed by atoms with van der Waals surface area (Å²) in [6.07, 6.45) is 0.208. The molecule has 1 saturated heterocycles. The second-order valence-corrected chi connectivity index (χ2v) is 9.35. The number of rotatable bonds is 7. The quantitative estimate of drug-likeness (QED) is 0.273. The summed E-state index contributed by atoms with van der Waals surface area (Å²) in [6.45, 7) is 3.42. The molecular formula is C26H26N4O6. The summed E-state index contributed by atoms with van der Waals surface area (Å²) < 4.78 is 5.59. The maximum atomic E-state index is 13.4. The van der Waals surface area contributed by atoms with Crippen molar-refractivity contribution in [2.75, 3.05) is 5.01 Å². The average molecular weight is 491 g/mol. The van der Waals surface area contributed by atoms with Gasteiger partial charge in [-0.1, -0.05) is 18.2 Å². The van der Waals surface area contributed by atoms with Crippen molar-refractivity contribution >= 4 is 29.0 Å². The lowest BCUT2D eigenvalue weighted by Gasteiger charge is -2.44. The number of nitro benzene ring substituents is 1. The monoisotopic (exact) mass is 490 g/mol. The van der Waals surface area contributed by atoms with Crippen molar-refractivity contribution in [2.45, 2.75) is 51.5 Å². The molecule has 0 aromatic heterocycles. The molecule has 2 aromatic carbocycles. The van der Waals surface area contributed by atoms with Crippen LogP contribution in [0, 0.1) is 16.0 Å². The number of esters is 1. The van der Waals surface area contributed by atoms with E-state index in [2.05, 4.69) is 0 Å². The Labute approximate surface area is 207 Å². The molecule has 0 unspecified atom stereocenters. The van der Waals surface area contributed by atoms with Gasteiger partial charge in [0, 0.05) is 24.3 Å². The summed E-state index contributed by atoms with van der Waals surface area (Å²) in [7, 11) is 0. The number of non-ortho nitro benzene ring substituents is 1. The van der Waals surface area contributed by atoms with Crippen LogP contribution in [0.4, 0.5) is 11.4 Å². The summed E-state index contributed by atoms with van der Waals surface area (Å²) in [4.78, 5) is 38.2. The molecule has 1 fully saturated rings. The largest absolute Gasteiger partial charge is 0.456 e. The second-order valence-electron chi connectivity index (χ2n) is 9.35. The topological polar surface area (TPSA) is 126 Å². The first-order chi connectivity index (χ1) is 17.3. The number of nitrogens with zero attached hydrogens (tertiary/aromatic N) is 4. The molecule has 0 saturated carbocycles. The molecule has 36 heavy (non-hydrogen) atoms. The number of para-hydroxylation sites is 1. The highest BCUT2D eigenvalue weighted by molar-refractivity contribution is 6.01. The molecule has 1 amide bonds. The Bertz CT molecular complexity index is 1270. The van der Waals surface area contributed by atoms with Gasteiger partial charge in [-0.3, -0.25) is 19.9 Å². The van der Waals surface area contributed by atoms with E-state index in [1.165, 1.54) is 29.2 Å². The highest BCUT2D eigenvalue weighted by Crippen LogP contribution is 2.47. The number of carbonyl (C=O) groups excluding carboxylic acids is 2. The number of amides is 1. The van der Waals surface area contributed by atoms with E-state index in [9.17, 15) is 24.8 Å². The third-order valence-electron chi connectivity index (χ3n) is 6.96. The lowest BCUT2D eigenvalue weighted by molar-refractivity contribution is -0.384. The van der Waals surface area contributed by atoms with E-state index < -0.39 is 22.9 Å². The molecule has 0 spiro atoms. The first-order valence-electron chi connectivity index (χ1n) is 11.8. The van der Waals surface area contributed by atoms with Gasteiger partial charge in [-0.15, -0.1) is 0 Å². The summed E-state index contributed by atoms with van der Waals surface area (Å²) in [5.41, 5.74) is 3.28. The Morgan fingerprint density at radius 2 is 1.89 bits per heavy atom. The molecule has 3 heterocycles. The van der Waals surface area contributed by atoms with Crippen LogP contribution in [-0.2, 0) is 20.9 Å². The summed E-state index contributed by atoms with van der Waals surface area (Å²) in [5, 5.41) is 27.6. The van der Waals surface area contributed by atoms with Crippen LogP contribution in [0.2, 0.25) is 0 Å². The molecule has 0 bridgehead atoms. The molecular weight excluding hydrogens is 464 g/mol. The maximum Gasteiger partial charge on any atom is 0.355 e. The van der Waals surface area contributed by atoms with Crippen molar-refractivity contribution in [3.05, 3.63) is 81.5 Å². The lowest BCUT2D eigenvalue weighted by Crippen LogP contribution is -2.61. The summed E-state index contributed by atoms with van der Waals surface area (Å²) in [5.74, 6) is -1.51. The van der Waals surface area contributed by atoms with E-state index in [1.807, 2.05) is 42.3 Å². The van der Waals surface area contributed by atoms with Crippen LogP contribution in [0.1, 0.15) is 32.3 Å². The first-order valence-corrected chi connectivity index (χ1v) is 11.8. The zero-order valence-corrected chi connectivity index (χ0v) is 19.9. The van der Waals surface area contributed by atoms with Crippen LogP contribution in [0.15, 0.2) is 71.0 Å². The van der Waals surface area contributed by atoms with Crippen LogP contribution < -0.4 is 5.01 Å².